The molecule has 0 fully saturated rings. The van der Waals surface area contributed by atoms with Crippen LogP contribution in [0.25, 0.3) is 10.8 Å². The molecule has 0 saturated heterocycles. The van der Waals surface area contributed by atoms with Crippen LogP contribution in [0.2, 0.25) is 0 Å². The Morgan fingerprint density at radius 2 is 1.52 bits per heavy atom. The van der Waals surface area contributed by atoms with Gasteiger partial charge in [-0.3, -0.25) is 0 Å². The number of phenols is 1. The van der Waals surface area contributed by atoms with Crippen LogP contribution in [0.4, 0.5) is 0 Å². The SMILES string of the molecule is Cc1cc(C(C)(C)C)cc(C)c1COC(=O)c1cc2ccccc2cc1O. The van der Waals surface area contributed by atoms with Gasteiger partial charge >= 0.3 is 5.97 Å². The summed E-state index contributed by atoms with van der Waals surface area (Å²) in [6, 6.07) is 15.2. The second-order valence-corrected chi connectivity index (χ2v) is 8.13. The molecule has 0 aliphatic rings. The molecule has 3 aromatic carbocycles. The summed E-state index contributed by atoms with van der Waals surface area (Å²) in [4.78, 5) is 12.5. The Labute approximate surface area is 160 Å². The van der Waals surface area contributed by atoms with Crippen molar-refractivity contribution in [3.63, 3.8) is 0 Å². The fourth-order valence-corrected chi connectivity index (χ4v) is 3.26. The average Bonchev–Trinajstić information content (AvgIpc) is 2.59. The van der Waals surface area contributed by atoms with E-state index in [1.165, 1.54) is 5.56 Å². The zero-order chi connectivity index (χ0) is 19.8. The van der Waals surface area contributed by atoms with Crippen LogP contribution in [0.3, 0.4) is 0 Å². The van der Waals surface area contributed by atoms with E-state index in [0.29, 0.717) is 0 Å². The summed E-state index contributed by atoms with van der Waals surface area (Å²) < 4.78 is 5.53. The maximum atomic E-state index is 12.5. The molecule has 0 aliphatic carbocycles. The molecule has 0 saturated carbocycles. The van der Waals surface area contributed by atoms with E-state index in [-0.39, 0.29) is 23.3 Å². The van der Waals surface area contributed by atoms with E-state index in [9.17, 15) is 9.90 Å². The minimum absolute atomic E-state index is 0.0600. The van der Waals surface area contributed by atoms with Crippen LogP contribution >= 0.6 is 0 Å². The first kappa shape index (κ1) is 19.0. The standard InChI is InChI=1S/C24H26O3/c1-15-10-19(24(3,4)5)11-16(2)21(15)14-27-23(26)20-12-17-8-6-7-9-18(17)13-22(20)25/h6-13,25H,14H2,1-5H3. The number of phenolic OH excluding ortho intramolecular Hbond substituents is 1. The maximum Gasteiger partial charge on any atom is 0.342 e. The van der Waals surface area contributed by atoms with Crippen molar-refractivity contribution >= 4 is 16.7 Å². The highest BCUT2D eigenvalue weighted by atomic mass is 16.5. The predicted octanol–water partition coefficient (Wildman–Crippen LogP) is 5.82. The Balaban J connectivity index is 1.83. The van der Waals surface area contributed by atoms with Crippen molar-refractivity contribution in [3.8, 4) is 5.75 Å². The number of aromatic hydroxyl groups is 1. The largest absolute Gasteiger partial charge is 0.507 e. The van der Waals surface area contributed by atoms with Gasteiger partial charge in [0.2, 0.25) is 0 Å². The Bertz CT molecular complexity index is 987. The first-order valence-electron chi connectivity index (χ1n) is 9.16. The number of carbonyl (C=O) groups excluding carboxylic acids is 1. The maximum absolute atomic E-state index is 12.5. The Kier molecular flexibility index (Phi) is 4.97. The molecule has 3 heteroatoms. The second-order valence-electron chi connectivity index (χ2n) is 8.13. The van der Waals surface area contributed by atoms with Crippen LogP contribution in [0.15, 0.2) is 48.5 Å². The summed E-state index contributed by atoms with van der Waals surface area (Å²) in [7, 11) is 0. The van der Waals surface area contributed by atoms with Gasteiger partial charge in [-0.25, -0.2) is 4.79 Å². The summed E-state index contributed by atoms with van der Waals surface area (Å²) in [5, 5.41) is 12.0. The fourth-order valence-electron chi connectivity index (χ4n) is 3.26. The minimum atomic E-state index is -0.517. The van der Waals surface area contributed by atoms with E-state index in [2.05, 4.69) is 32.9 Å². The van der Waals surface area contributed by atoms with Gasteiger partial charge in [0.05, 0.1) is 0 Å². The highest BCUT2D eigenvalue weighted by Gasteiger charge is 2.18. The average molecular weight is 362 g/mol. The van der Waals surface area contributed by atoms with Crippen LogP contribution in [0, 0.1) is 13.8 Å². The van der Waals surface area contributed by atoms with Gasteiger partial charge in [0, 0.05) is 0 Å². The molecule has 0 amide bonds. The fraction of sp³-hybridized carbons (Fsp3) is 0.292. The molecule has 0 atom stereocenters. The Hall–Kier alpha value is -2.81. The normalized spacial score (nSPS) is 11.6. The van der Waals surface area contributed by atoms with E-state index in [1.807, 2.05) is 38.1 Å². The second kappa shape index (κ2) is 7.07. The van der Waals surface area contributed by atoms with Crippen LogP contribution in [-0.2, 0) is 16.8 Å². The molecular weight excluding hydrogens is 336 g/mol. The van der Waals surface area contributed by atoms with Crippen LogP contribution in [-0.4, -0.2) is 11.1 Å². The zero-order valence-corrected chi connectivity index (χ0v) is 16.6. The number of fused-ring (bicyclic) bond motifs is 1. The van der Waals surface area contributed by atoms with Crippen molar-refractivity contribution in [2.75, 3.05) is 0 Å². The van der Waals surface area contributed by atoms with E-state index in [1.54, 1.807) is 12.1 Å². The molecule has 0 spiro atoms. The quantitative estimate of drug-likeness (QED) is 0.597. The van der Waals surface area contributed by atoms with Crippen molar-refractivity contribution in [1.29, 1.82) is 0 Å². The van der Waals surface area contributed by atoms with Crippen LogP contribution in [0.1, 0.15) is 53.4 Å². The number of esters is 1. The van der Waals surface area contributed by atoms with Crippen molar-refractivity contribution in [2.45, 2.75) is 46.6 Å². The monoisotopic (exact) mass is 362 g/mol. The third kappa shape index (κ3) is 3.97. The van der Waals surface area contributed by atoms with Gasteiger partial charge in [-0.15, -0.1) is 0 Å². The first-order valence-corrected chi connectivity index (χ1v) is 9.16. The van der Waals surface area contributed by atoms with Gasteiger partial charge in [0.1, 0.15) is 17.9 Å². The third-order valence-electron chi connectivity index (χ3n) is 4.99. The zero-order valence-electron chi connectivity index (χ0n) is 16.6. The molecule has 0 aliphatic heterocycles. The van der Waals surface area contributed by atoms with Gasteiger partial charge in [-0.2, -0.15) is 0 Å². The molecule has 140 valence electrons. The smallest absolute Gasteiger partial charge is 0.342 e. The first-order chi connectivity index (χ1) is 12.7. The number of carbonyl (C=O) groups is 1. The molecule has 0 aromatic heterocycles. The lowest BCUT2D eigenvalue weighted by Crippen LogP contribution is -2.13. The summed E-state index contributed by atoms with van der Waals surface area (Å²) >= 11 is 0. The van der Waals surface area contributed by atoms with Gasteiger partial charge in [-0.05, 0) is 64.4 Å². The van der Waals surface area contributed by atoms with Crippen molar-refractivity contribution in [1.82, 2.24) is 0 Å². The van der Waals surface area contributed by atoms with Gasteiger partial charge < -0.3 is 9.84 Å². The third-order valence-corrected chi connectivity index (χ3v) is 4.99. The molecule has 0 heterocycles. The van der Waals surface area contributed by atoms with Gasteiger partial charge in [0.15, 0.2) is 0 Å². The molecule has 3 rings (SSSR count). The number of hydrogen-bond acceptors (Lipinski definition) is 3. The summed E-state index contributed by atoms with van der Waals surface area (Å²) in [6.07, 6.45) is 0. The van der Waals surface area contributed by atoms with E-state index in [4.69, 9.17) is 4.74 Å². The summed E-state index contributed by atoms with van der Waals surface area (Å²) in [5.74, 6) is -0.577. The van der Waals surface area contributed by atoms with Crippen molar-refractivity contribution in [2.24, 2.45) is 0 Å². The van der Waals surface area contributed by atoms with E-state index >= 15 is 0 Å². The van der Waals surface area contributed by atoms with Crippen molar-refractivity contribution < 1.29 is 14.6 Å². The number of hydrogen-bond donors (Lipinski definition) is 1. The van der Waals surface area contributed by atoms with E-state index in [0.717, 1.165) is 27.5 Å². The molecule has 0 unspecified atom stereocenters. The molecule has 1 N–H and O–H groups in total. The Morgan fingerprint density at radius 1 is 0.963 bits per heavy atom. The number of benzene rings is 3. The lowest BCUT2D eigenvalue weighted by Gasteiger charge is -2.22. The molecular formula is C24H26O3. The molecule has 0 bridgehead atoms. The van der Waals surface area contributed by atoms with Crippen molar-refractivity contribution in [3.05, 3.63) is 76.3 Å². The highest BCUT2D eigenvalue weighted by Crippen LogP contribution is 2.29. The molecule has 0 radical (unpaired) electrons. The van der Waals surface area contributed by atoms with Gasteiger partial charge in [0.25, 0.3) is 0 Å². The molecule has 3 aromatic rings. The highest BCUT2D eigenvalue weighted by molar-refractivity contribution is 5.98. The van der Waals surface area contributed by atoms with Crippen LogP contribution in [0.5, 0.6) is 5.75 Å². The van der Waals surface area contributed by atoms with Crippen LogP contribution < -0.4 is 0 Å². The molecule has 3 nitrogen and oxygen atoms in total. The number of aryl methyl sites for hydroxylation is 2. The summed E-state index contributed by atoms with van der Waals surface area (Å²) in [5.41, 5.74) is 4.75. The lowest BCUT2D eigenvalue weighted by atomic mass is 9.84. The topological polar surface area (TPSA) is 46.5 Å². The lowest BCUT2D eigenvalue weighted by molar-refractivity contribution is 0.0468. The molecule has 27 heavy (non-hydrogen) atoms. The number of rotatable bonds is 3. The number of ether oxygens (including phenoxy) is 1. The summed E-state index contributed by atoms with van der Waals surface area (Å²) in [6.45, 7) is 10.8. The predicted molar refractivity (Wildman–Crippen MR) is 109 cm³/mol. The van der Waals surface area contributed by atoms with Gasteiger partial charge in [-0.1, -0.05) is 57.2 Å². The minimum Gasteiger partial charge on any atom is -0.507 e. The van der Waals surface area contributed by atoms with E-state index < -0.39 is 5.97 Å². The Morgan fingerprint density at radius 3 is 2.07 bits per heavy atom.